The van der Waals surface area contributed by atoms with Crippen molar-refractivity contribution >= 4 is 8.25 Å². The summed E-state index contributed by atoms with van der Waals surface area (Å²) in [7, 11) is -2.47. The van der Waals surface area contributed by atoms with Gasteiger partial charge in [0.15, 0.2) is 0 Å². The van der Waals surface area contributed by atoms with Crippen LogP contribution < -0.4 is 5.32 Å². The summed E-state index contributed by atoms with van der Waals surface area (Å²) in [5.41, 5.74) is 0. The first kappa shape index (κ1) is 9.94. The first-order valence-corrected chi connectivity index (χ1v) is 4.01. The normalized spacial score (nSPS) is 11.6. The molecule has 5 nitrogen and oxygen atoms in total. The summed E-state index contributed by atoms with van der Waals surface area (Å²) in [5, 5.41) is 11.0. The average molecular weight is 168 g/mol. The summed E-state index contributed by atoms with van der Waals surface area (Å²) in [6.07, 6.45) is 0. The smallest absolute Gasteiger partial charge is 0.395 e. The lowest BCUT2D eigenvalue weighted by Gasteiger charge is -1.95. The van der Waals surface area contributed by atoms with Crippen molar-refractivity contribution in [2.45, 2.75) is 0 Å². The quantitative estimate of drug-likeness (QED) is 0.358. The lowest BCUT2D eigenvalue weighted by Crippen LogP contribution is -2.22. The third-order valence-electron chi connectivity index (χ3n) is 0.769. The second-order valence-corrected chi connectivity index (χ2v) is 2.28. The molecule has 6 heteroatoms. The number of nitrogens with one attached hydrogen (secondary N) is 1. The Labute approximate surface area is 60.0 Å². The first-order chi connectivity index (χ1) is 4.77. The highest BCUT2D eigenvalue weighted by Crippen LogP contribution is 2.12. The molecule has 3 N–H and O–H groups in total. The van der Waals surface area contributed by atoms with E-state index in [0.717, 1.165) is 0 Å². The Bertz CT molecular complexity index is 99.3. The fourth-order valence-electron chi connectivity index (χ4n) is 0.400. The van der Waals surface area contributed by atoms with Gasteiger partial charge in [0.25, 0.3) is 0 Å². The van der Waals surface area contributed by atoms with Gasteiger partial charge in [-0.05, 0) is 0 Å². The molecule has 0 aromatic rings. The summed E-state index contributed by atoms with van der Waals surface area (Å²) in [6, 6.07) is 0. The fourth-order valence-corrected chi connectivity index (χ4v) is 0.647. The van der Waals surface area contributed by atoms with E-state index in [9.17, 15) is 4.57 Å². The molecule has 0 fully saturated rings. The Morgan fingerprint density at radius 2 is 2.20 bits per heavy atom. The van der Waals surface area contributed by atoms with Crippen molar-refractivity contribution in [2.75, 3.05) is 26.3 Å². The van der Waals surface area contributed by atoms with Crippen LogP contribution in [0.2, 0.25) is 0 Å². The fraction of sp³-hybridized carbons (Fsp3) is 1.00. The SMILES string of the molecule is O=[P+](O)OCCNCCO. The van der Waals surface area contributed by atoms with Crippen LogP contribution in [0.3, 0.4) is 0 Å². The highest BCUT2D eigenvalue weighted by Gasteiger charge is 2.09. The number of rotatable bonds is 6. The summed E-state index contributed by atoms with van der Waals surface area (Å²) in [5.74, 6) is 0. The van der Waals surface area contributed by atoms with E-state index < -0.39 is 8.25 Å². The van der Waals surface area contributed by atoms with Crippen LogP contribution in [0, 0.1) is 0 Å². The van der Waals surface area contributed by atoms with E-state index in [1.807, 2.05) is 0 Å². The predicted molar refractivity (Wildman–Crippen MR) is 35.7 cm³/mol. The number of hydrogen-bond donors (Lipinski definition) is 3. The molecule has 0 aromatic carbocycles. The first-order valence-electron chi connectivity index (χ1n) is 2.88. The van der Waals surface area contributed by atoms with Crippen LogP contribution in [0.4, 0.5) is 0 Å². The van der Waals surface area contributed by atoms with E-state index in [0.29, 0.717) is 13.1 Å². The number of aliphatic hydroxyl groups excluding tert-OH is 1. The van der Waals surface area contributed by atoms with Gasteiger partial charge in [-0.1, -0.05) is 0 Å². The van der Waals surface area contributed by atoms with Crippen LogP contribution in [-0.4, -0.2) is 36.3 Å². The van der Waals surface area contributed by atoms with Gasteiger partial charge in [-0.3, -0.25) is 0 Å². The average Bonchev–Trinajstić information content (AvgIpc) is 1.87. The second kappa shape index (κ2) is 7.05. The van der Waals surface area contributed by atoms with E-state index in [1.165, 1.54) is 0 Å². The van der Waals surface area contributed by atoms with E-state index in [2.05, 4.69) is 9.84 Å². The van der Waals surface area contributed by atoms with Crippen molar-refractivity contribution in [2.24, 2.45) is 0 Å². The van der Waals surface area contributed by atoms with E-state index >= 15 is 0 Å². The molecule has 0 spiro atoms. The Kier molecular flexibility index (Phi) is 7.01. The molecule has 0 amide bonds. The van der Waals surface area contributed by atoms with Gasteiger partial charge in [0.2, 0.25) is 0 Å². The molecule has 1 atom stereocenters. The molecular formula is C4H11NO4P+. The van der Waals surface area contributed by atoms with Crippen molar-refractivity contribution in [3.63, 3.8) is 0 Å². The van der Waals surface area contributed by atoms with Gasteiger partial charge in [-0.25, -0.2) is 0 Å². The molecule has 0 radical (unpaired) electrons. The van der Waals surface area contributed by atoms with Gasteiger partial charge in [0.05, 0.1) is 6.61 Å². The van der Waals surface area contributed by atoms with Gasteiger partial charge >= 0.3 is 8.25 Å². The standard InChI is InChI=1S/C4H10NO4P/c6-3-1-5-2-4-9-10(7)8/h5-6H,1-4H2/p+1. The molecule has 0 rings (SSSR count). The van der Waals surface area contributed by atoms with Crippen LogP contribution in [0.5, 0.6) is 0 Å². The Balaban J connectivity index is 2.84. The molecule has 60 valence electrons. The summed E-state index contributed by atoms with van der Waals surface area (Å²) < 4.78 is 14.2. The zero-order valence-electron chi connectivity index (χ0n) is 5.49. The van der Waals surface area contributed by atoms with E-state index in [-0.39, 0.29) is 13.2 Å². The molecule has 0 aliphatic rings. The van der Waals surface area contributed by atoms with Crippen LogP contribution in [-0.2, 0) is 9.09 Å². The minimum absolute atomic E-state index is 0.0608. The van der Waals surface area contributed by atoms with Crippen LogP contribution in [0.15, 0.2) is 0 Å². The van der Waals surface area contributed by atoms with Crippen molar-refractivity contribution in [3.8, 4) is 0 Å². The Morgan fingerprint density at radius 3 is 2.70 bits per heavy atom. The van der Waals surface area contributed by atoms with E-state index in [1.54, 1.807) is 0 Å². The maximum absolute atomic E-state index is 9.88. The summed E-state index contributed by atoms with van der Waals surface area (Å²) >= 11 is 0. The van der Waals surface area contributed by atoms with Gasteiger partial charge in [0, 0.05) is 17.7 Å². The van der Waals surface area contributed by atoms with Crippen molar-refractivity contribution in [1.29, 1.82) is 0 Å². The van der Waals surface area contributed by atoms with Crippen LogP contribution >= 0.6 is 8.25 Å². The molecule has 10 heavy (non-hydrogen) atoms. The Hall–Kier alpha value is -0.0600. The molecule has 0 aromatic heterocycles. The molecule has 0 aliphatic carbocycles. The monoisotopic (exact) mass is 168 g/mol. The lowest BCUT2D eigenvalue weighted by atomic mass is 10.6. The van der Waals surface area contributed by atoms with Crippen LogP contribution in [0.25, 0.3) is 0 Å². The maximum Gasteiger partial charge on any atom is 0.694 e. The molecule has 0 saturated heterocycles. The highest BCUT2D eigenvalue weighted by molar-refractivity contribution is 7.32. The zero-order valence-corrected chi connectivity index (χ0v) is 6.38. The third-order valence-corrected chi connectivity index (χ3v) is 1.17. The van der Waals surface area contributed by atoms with E-state index in [4.69, 9.17) is 10.00 Å². The van der Waals surface area contributed by atoms with Crippen LogP contribution in [0.1, 0.15) is 0 Å². The zero-order chi connectivity index (χ0) is 7.82. The third kappa shape index (κ3) is 7.94. The minimum atomic E-state index is -2.47. The molecule has 0 aliphatic heterocycles. The maximum atomic E-state index is 9.88. The summed E-state index contributed by atoms with van der Waals surface area (Å²) in [4.78, 5) is 8.12. The predicted octanol–water partition coefficient (Wildman–Crippen LogP) is -0.765. The van der Waals surface area contributed by atoms with Crippen molar-refractivity contribution in [1.82, 2.24) is 5.32 Å². The highest BCUT2D eigenvalue weighted by atomic mass is 31.1. The van der Waals surface area contributed by atoms with Gasteiger partial charge in [-0.2, -0.15) is 0 Å². The van der Waals surface area contributed by atoms with Crippen molar-refractivity contribution < 1.29 is 19.1 Å². The molecule has 0 saturated carbocycles. The number of hydrogen-bond acceptors (Lipinski definition) is 4. The minimum Gasteiger partial charge on any atom is -0.395 e. The lowest BCUT2D eigenvalue weighted by molar-refractivity contribution is 0.264. The van der Waals surface area contributed by atoms with Gasteiger partial charge < -0.3 is 10.4 Å². The largest absolute Gasteiger partial charge is 0.694 e. The topological polar surface area (TPSA) is 78.8 Å². The molecule has 0 bridgehead atoms. The number of aliphatic hydroxyl groups is 1. The second-order valence-electron chi connectivity index (χ2n) is 1.54. The molecule has 1 unspecified atom stereocenters. The molecular weight excluding hydrogens is 157 g/mol. The van der Waals surface area contributed by atoms with Gasteiger partial charge in [-0.15, -0.1) is 9.42 Å². The Morgan fingerprint density at radius 1 is 1.50 bits per heavy atom. The summed E-state index contributed by atoms with van der Waals surface area (Å²) in [6.45, 7) is 1.20. The molecule has 0 heterocycles. The van der Waals surface area contributed by atoms with Crippen molar-refractivity contribution in [3.05, 3.63) is 0 Å². The van der Waals surface area contributed by atoms with Gasteiger partial charge in [0.1, 0.15) is 6.61 Å².